The van der Waals surface area contributed by atoms with Gasteiger partial charge >= 0.3 is 5.97 Å². The molecule has 1 aromatic carbocycles. The Morgan fingerprint density at radius 1 is 1.21 bits per heavy atom. The van der Waals surface area contributed by atoms with Crippen LogP contribution in [0.1, 0.15) is 16.1 Å². The Morgan fingerprint density at radius 3 is 2.53 bits per heavy atom. The van der Waals surface area contributed by atoms with Crippen molar-refractivity contribution in [1.82, 2.24) is 0 Å². The fourth-order valence-electron chi connectivity index (χ4n) is 1.55. The highest BCUT2D eigenvalue weighted by atomic mass is 79.9. The summed E-state index contributed by atoms with van der Waals surface area (Å²) in [7, 11) is 0. The Kier molecular flexibility index (Phi) is 4.01. The second kappa shape index (κ2) is 5.71. The van der Waals surface area contributed by atoms with Crippen molar-refractivity contribution in [3.63, 3.8) is 0 Å². The van der Waals surface area contributed by atoms with Gasteiger partial charge in [0.1, 0.15) is 12.2 Å². The number of aliphatic carboxylic acids is 1. The van der Waals surface area contributed by atoms with Crippen LogP contribution in [-0.2, 0) is 11.2 Å². The maximum atomic E-state index is 12.0. The number of benzene rings is 1. The Morgan fingerprint density at radius 2 is 1.89 bits per heavy atom. The molecule has 0 aliphatic rings. The quantitative estimate of drug-likeness (QED) is 0.906. The minimum absolute atomic E-state index is 0.141. The lowest BCUT2D eigenvalue weighted by Crippen LogP contribution is -2.14. The van der Waals surface area contributed by atoms with Crippen molar-refractivity contribution in [3.8, 4) is 0 Å². The molecule has 0 saturated heterocycles. The van der Waals surface area contributed by atoms with E-state index in [2.05, 4.69) is 21.2 Å². The summed E-state index contributed by atoms with van der Waals surface area (Å²) < 4.78 is 5.91. The summed E-state index contributed by atoms with van der Waals surface area (Å²) in [5, 5.41) is 11.4. The smallest absolute Gasteiger partial charge is 0.311 e. The molecule has 0 spiro atoms. The number of carbonyl (C=O) groups is 2. The third kappa shape index (κ3) is 3.45. The van der Waals surface area contributed by atoms with Crippen LogP contribution in [0.5, 0.6) is 0 Å². The van der Waals surface area contributed by atoms with E-state index in [0.717, 1.165) is 4.47 Å². The first kappa shape index (κ1) is 13.4. The van der Waals surface area contributed by atoms with Gasteiger partial charge in [-0.25, -0.2) is 0 Å². The number of nitrogens with one attached hydrogen (secondary N) is 1. The molecule has 0 aliphatic carbocycles. The Hall–Kier alpha value is -2.08. The third-order valence-corrected chi connectivity index (χ3v) is 2.93. The van der Waals surface area contributed by atoms with Gasteiger partial charge in [-0.1, -0.05) is 15.9 Å². The number of carboxylic acid groups (broad SMARTS) is 1. The lowest BCUT2D eigenvalue weighted by atomic mass is 10.2. The van der Waals surface area contributed by atoms with E-state index in [1.54, 1.807) is 24.3 Å². The van der Waals surface area contributed by atoms with Gasteiger partial charge in [-0.2, -0.15) is 0 Å². The van der Waals surface area contributed by atoms with Gasteiger partial charge in [0.15, 0.2) is 0 Å². The summed E-state index contributed by atoms with van der Waals surface area (Å²) in [6.45, 7) is 0. The highest BCUT2D eigenvalue weighted by Crippen LogP contribution is 2.17. The summed E-state index contributed by atoms with van der Waals surface area (Å²) >= 11 is 3.30. The standard InChI is InChI=1S/C13H10BrNO4/c14-8-1-3-9(4-2-8)15-13(18)10-5-6-19-11(10)7-12(16)17/h1-6H,7H2,(H,15,18)(H,16,17). The van der Waals surface area contributed by atoms with Crippen molar-refractivity contribution >= 4 is 33.5 Å². The number of hydrogen-bond acceptors (Lipinski definition) is 3. The van der Waals surface area contributed by atoms with Gasteiger partial charge in [0.25, 0.3) is 5.91 Å². The minimum atomic E-state index is -1.05. The van der Waals surface area contributed by atoms with Gasteiger partial charge in [0.2, 0.25) is 0 Å². The molecule has 98 valence electrons. The Bertz CT molecular complexity index is 603. The number of hydrogen-bond donors (Lipinski definition) is 2. The summed E-state index contributed by atoms with van der Waals surface area (Å²) in [6.07, 6.45) is 0.977. The van der Waals surface area contributed by atoms with E-state index in [-0.39, 0.29) is 17.7 Å². The average molecular weight is 324 g/mol. The van der Waals surface area contributed by atoms with Gasteiger partial charge < -0.3 is 14.8 Å². The van der Waals surface area contributed by atoms with Gasteiger partial charge in [-0.15, -0.1) is 0 Å². The highest BCUT2D eigenvalue weighted by molar-refractivity contribution is 9.10. The molecule has 0 unspecified atom stereocenters. The predicted molar refractivity (Wildman–Crippen MR) is 72.1 cm³/mol. The highest BCUT2D eigenvalue weighted by Gasteiger charge is 2.17. The monoisotopic (exact) mass is 323 g/mol. The number of carbonyl (C=O) groups excluding carboxylic acids is 1. The third-order valence-electron chi connectivity index (χ3n) is 2.40. The summed E-state index contributed by atoms with van der Waals surface area (Å²) in [5.41, 5.74) is 0.848. The molecule has 5 nitrogen and oxygen atoms in total. The van der Waals surface area contributed by atoms with Crippen LogP contribution in [0.2, 0.25) is 0 Å². The molecule has 0 atom stereocenters. The number of amides is 1. The fraction of sp³-hybridized carbons (Fsp3) is 0.0769. The molecule has 0 fully saturated rings. The number of halogens is 1. The van der Waals surface area contributed by atoms with Crippen LogP contribution in [0.15, 0.2) is 45.5 Å². The maximum absolute atomic E-state index is 12.0. The topological polar surface area (TPSA) is 79.5 Å². The average Bonchev–Trinajstić information content (AvgIpc) is 2.79. The maximum Gasteiger partial charge on any atom is 0.311 e. The largest absolute Gasteiger partial charge is 0.481 e. The zero-order chi connectivity index (χ0) is 13.8. The van der Waals surface area contributed by atoms with Gasteiger partial charge in [-0.3, -0.25) is 9.59 Å². The zero-order valence-electron chi connectivity index (χ0n) is 9.72. The second-order valence-electron chi connectivity index (χ2n) is 3.79. The molecule has 2 rings (SSSR count). The molecule has 1 aromatic heterocycles. The van der Waals surface area contributed by atoms with E-state index < -0.39 is 11.9 Å². The molecule has 1 heterocycles. The number of furan rings is 1. The molecule has 0 saturated carbocycles. The Labute approximate surface area is 117 Å². The summed E-state index contributed by atoms with van der Waals surface area (Å²) in [6, 6.07) is 8.51. The van der Waals surface area contributed by atoms with E-state index in [4.69, 9.17) is 9.52 Å². The molecule has 2 N–H and O–H groups in total. The summed E-state index contributed by atoms with van der Waals surface area (Å²) in [5.74, 6) is -1.30. The molecule has 0 radical (unpaired) electrons. The van der Waals surface area contributed by atoms with E-state index in [0.29, 0.717) is 5.69 Å². The first-order valence-electron chi connectivity index (χ1n) is 5.41. The van der Waals surface area contributed by atoms with E-state index in [1.807, 2.05) is 0 Å². The lowest BCUT2D eigenvalue weighted by Gasteiger charge is -2.04. The number of anilines is 1. The molecule has 1 amide bonds. The van der Waals surface area contributed by atoms with Crippen LogP contribution in [0.3, 0.4) is 0 Å². The minimum Gasteiger partial charge on any atom is -0.481 e. The van der Waals surface area contributed by atoms with Crippen LogP contribution < -0.4 is 5.32 Å². The van der Waals surface area contributed by atoms with Gasteiger partial charge in [0, 0.05) is 10.2 Å². The van der Waals surface area contributed by atoms with Crippen LogP contribution >= 0.6 is 15.9 Å². The molecular formula is C13H10BrNO4. The predicted octanol–water partition coefficient (Wildman–Crippen LogP) is 2.92. The first-order valence-corrected chi connectivity index (χ1v) is 6.20. The molecule has 19 heavy (non-hydrogen) atoms. The van der Waals surface area contributed by atoms with Crippen LogP contribution in [0, 0.1) is 0 Å². The molecule has 6 heteroatoms. The second-order valence-corrected chi connectivity index (χ2v) is 4.70. The zero-order valence-corrected chi connectivity index (χ0v) is 11.3. The van der Waals surface area contributed by atoms with Gasteiger partial charge in [-0.05, 0) is 30.3 Å². The number of carboxylic acids is 1. The molecule has 0 aliphatic heterocycles. The fourth-order valence-corrected chi connectivity index (χ4v) is 1.81. The van der Waals surface area contributed by atoms with Crippen molar-refractivity contribution in [2.45, 2.75) is 6.42 Å². The Balaban J connectivity index is 2.14. The normalized spacial score (nSPS) is 10.2. The SMILES string of the molecule is O=C(O)Cc1occc1C(=O)Nc1ccc(Br)cc1. The van der Waals surface area contributed by atoms with E-state index in [1.165, 1.54) is 12.3 Å². The van der Waals surface area contributed by atoms with Crippen LogP contribution in [-0.4, -0.2) is 17.0 Å². The molecular weight excluding hydrogens is 314 g/mol. The van der Waals surface area contributed by atoms with Crippen molar-refractivity contribution in [2.24, 2.45) is 0 Å². The molecule has 0 bridgehead atoms. The molecule has 2 aromatic rings. The van der Waals surface area contributed by atoms with E-state index in [9.17, 15) is 9.59 Å². The summed E-state index contributed by atoms with van der Waals surface area (Å²) in [4.78, 5) is 22.6. The van der Waals surface area contributed by atoms with Crippen molar-refractivity contribution in [1.29, 1.82) is 0 Å². The van der Waals surface area contributed by atoms with Crippen molar-refractivity contribution in [3.05, 3.63) is 52.4 Å². The van der Waals surface area contributed by atoms with Crippen molar-refractivity contribution in [2.75, 3.05) is 5.32 Å². The van der Waals surface area contributed by atoms with E-state index >= 15 is 0 Å². The van der Waals surface area contributed by atoms with Crippen LogP contribution in [0.25, 0.3) is 0 Å². The van der Waals surface area contributed by atoms with Crippen LogP contribution in [0.4, 0.5) is 5.69 Å². The first-order chi connectivity index (χ1) is 9.06. The lowest BCUT2D eigenvalue weighted by molar-refractivity contribution is -0.136. The van der Waals surface area contributed by atoms with Crippen molar-refractivity contribution < 1.29 is 19.1 Å². The number of rotatable bonds is 4. The van der Waals surface area contributed by atoms with Gasteiger partial charge in [0.05, 0.1) is 11.8 Å².